The van der Waals surface area contributed by atoms with Gasteiger partial charge in [-0.15, -0.1) is 0 Å². The number of aliphatic hydroxyl groups excluding tert-OH is 1. The molecule has 14 heavy (non-hydrogen) atoms. The van der Waals surface area contributed by atoms with E-state index < -0.39 is 0 Å². The number of hydrogen-bond donors (Lipinski definition) is 4. The van der Waals surface area contributed by atoms with E-state index in [1.807, 2.05) is 0 Å². The second-order valence-corrected chi connectivity index (χ2v) is 2.58. The van der Waals surface area contributed by atoms with E-state index in [1.54, 1.807) is 20.0 Å². The van der Waals surface area contributed by atoms with Gasteiger partial charge in [-0.25, -0.2) is 10.5 Å². The Morgan fingerprint density at radius 3 is 2.29 bits per heavy atom. The highest BCUT2D eigenvalue weighted by Crippen LogP contribution is 2.21. The Morgan fingerprint density at radius 2 is 1.86 bits per heavy atom. The lowest BCUT2D eigenvalue weighted by atomic mass is 10.1. The van der Waals surface area contributed by atoms with Crippen molar-refractivity contribution in [2.75, 3.05) is 0 Å². The molecule has 0 aliphatic rings. The summed E-state index contributed by atoms with van der Waals surface area (Å²) in [6, 6.07) is 0. The molecule has 80 valence electrons. The Hall–Kier alpha value is -1.21. The fourth-order valence-electron chi connectivity index (χ4n) is 0.916. The lowest BCUT2D eigenvalue weighted by Gasteiger charge is -2.05. The van der Waals surface area contributed by atoms with Crippen LogP contribution >= 0.6 is 0 Å². The minimum atomic E-state index is -0.0767. The smallest absolute Gasteiger partial charge is 0.140 e. The number of hydrogen-bond acceptors (Lipinski definition) is 6. The average molecular weight is 203 g/mol. The molecule has 4 N–H and O–H groups in total. The third-order valence-electron chi connectivity index (χ3n) is 1.76. The van der Waals surface area contributed by atoms with Gasteiger partial charge in [0.15, 0.2) is 0 Å². The monoisotopic (exact) mass is 203 g/mol. The van der Waals surface area contributed by atoms with Crippen LogP contribution in [0.2, 0.25) is 0 Å². The SMILES string of the molecule is Cc1ncc(CO)c(C)c1O.OOO. The second-order valence-electron chi connectivity index (χ2n) is 2.58. The summed E-state index contributed by atoms with van der Waals surface area (Å²) in [4.78, 5) is 3.90. The topological polar surface area (TPSA) is 103 Å². The Morgan fingerprint density at radius 1 is 1.36 bits per heavy atom. The van der Waals surface area contributed by atoms with E-state index in [-0.39, 0.29) is 12.4 Å². The van der Waals surface area contributed by atoms with Crippen molar-refractivity contribution in [1.82, 2.24) is 4.98 Å². The first-order valence-corrected chi connectivity index (χ1v) is 3.78. The molecule has 0 saturated heterocycles. The van der Waals surface area contributed by atoms with Crippen LogP contribution in [0, 0.1) is 13.8 Å². The quantitative estimate of drug-likeness (QED) is 0.398. The fraction of sp³-hybridized carbons (Fsp3) is 0.375. The zero-order chi connectivity index (χ0) is 11.1. The molecule has 0 unspecified atom stereocenters. The van der Waals surface area contributed by atoms with Gasteiger partial charge in [0.05, 0.1) is 12.3 Å². The van der Waals surface area contributed by atoms with Crippen LogP contribution < -0.4 is 0 Å². The first-order valence-electron chi connectivity index (χ1n) is 3.78. The van der Waals surface area contributed by atoms with Crippen LogP contribution in [-0.2, 0) is 11.6 Å². The van der Waals surface area contributed by atoms with E-state index >= 15 is 0 Å². The highest BCUT2D eigenvalue weighted by molar-refractivity contribution is 5.38. The maximum atomic E-state index is 9.34. The van der Waals surface area contributed by atoms with Gasteiger partial charge in [0.1, 0.15) is 5.75 Å². The molecule has 0 aromatic carbocycles. The Bertz CT molecular complexity index is 289. The van der Waals surface area contributed by atoms with Crippen LogP contribution in [0.15, 0.2) is 6.20 Å². The van der Waals surface area contributed by atoms with E-state index in [0.29, 0.717) is 16.8 Å². The molecule has 6 heteroatoms. The molecule has 0 aliphatic carbocycles. The number of aliphatic hydroxyl groups is 1. The molecular weight excluding hydrogens is 190 g/mol. The van der Waals surface area contributed by atoms with Gasteiger partial charge in [0.25, 0.3) is 0 Å². The Labute approximate surface area is 80.9 Å². The average Bonchev–Trinajstić information content (AvgIpc) is 2.16. The minimum Gasteiger partial charge on any atom is -0.506 e. The summed E-state index contributed by atoms with van der Waals surface area (Å²) in [5, 5.41) is 33.6. The number of pyridine rings is 1. The molecule has 0 fully saturated rings. The lowest BCUT2D eigenvalue weighted by Crippen LogP contribution is -1.93. The van der Waals surface area contributed by atoms with Crippen LogP contribution in [-0.4, -0.2) is 25.7 Å². The summed E-state index contributed by atoms with van der Waals surface area (Å²) in [5.74, 6) is 0.177. The molecule has 1 aromatic heterocycles. The molecule has 6 nitrogen and oxygen atoms in total. The van der Waals surface area contributed by atoms with Crippen LogP contribution in [0.5, 0.6) is 5.75 Å². The van der Waals surface area contributed by atoms with Gasteiger partial charge in [0.2, 0.25) is 0 Å². The molecule has 0 radical (unpaired) electrons. The molecular formula is C8H13NO5. The van der Waals surface area contributed by atoms with Crippen molar-refractivity contribution in [1.29, 1.82) is 0 Å². The van der Waals surface area contributed by atoms with Crippen molar-refractivity contribution in [2.24, 2.45) is 0 Å². The summed E-state index contributed by atoms with van der Waals surface area (Å²) in [6.45, 7) is 3.41. The molecule has 0 amide bonds. The lowest BCUT2D eigenvalue weighted by molar-refractivity contribution is -0.465. The van der Waals surface area contributed by atoms with Gasteiger partial charge in [-0.2, -0.15) is 0 Å². The predicted octanol–water partition coefficient (Wildman–Crippen LogP) is 0.845. The van der Waals surface area contributed by atoms with Crippen molar-refractivity contribution in [3.63, 3.8) is 0 Å². The maximum Gasteiger partial charge on any atom is 0.140 e. The minimum absolute atomic E-state index is 0.0767. The van der Waals surface area contributed by atoms with Gasteiger partial charge in [-0.3, -0.25) is 4.98 Å². The Balaban J connectivity index is 0.000000500. The number of nitrogens with zero attached hydrogens (tertiary/aromatic N) is 1. The van der Waals surface area contributed by atoms with Crippen molar-refractivity contribution in [3.05, 3.63) is 23.0 Å². The third-order valence-corrected chi connectivity index (χ3v) is 1.76. The zero-order valence-electron chi connectivity index (χ0n) is 7.93. The number of rotatable bonds is 1. The van der Waals surface area contributed by atoms with Gasteiger partial charge in [-0.1, -0.05) is 5.04 Å². The molecule has 1 heterocycles. The predicted molar refractivity (Wildman–Crippen MR) is 47.6 cm³/mol. The van der Waals surface area contributed by atoms with E-state index in [9.17, 15) is 5.11 Å². The molecule has 0 atom stereocenters. The van der Waals surface area contributed by atoms with E-state index in [2.05, 4.69) is 10.0 Å². The normalized spacial score (nSPS) is 9.21. The van der Waals surface area contributed by atoms with Crippen molar-refractivity contribution < 1.29 is 25.8 Å². The van der Waals surface area contributed by atoms with Crippen molar-refractivity contribution in [3.8, 4) is 5.75 Å². The summed E-state index contributed by atoms with van der Waals surface area (Å²) in [6.07, 6.45) is 1.57. The van der Waals surface area contributed by atoms with Gasteiger partial charge >= 0.3 is 0 Å². The maximum absolute atomic E-state index is 9.34. The molecule has 0 bridgehead atoms. The van der Waals surface area contributed by atoms with Gasteiger partial charge in [-0.05, 0) is 19.4 Å². The van der Waals surface area contributed by atoms with Crippen molar-refractivity contribution in [2.45, 2.75) is 20.5 Å². The van der Waals surface area contributed by atoms with E-state index in [1.165, 1.54) is 0 Å². The standard InChI is InChI=1S/C8H11NO2.H2O3/c1-5-7(4-10)3-9-6(2)8(5)11;1-3-2/h3,10-11H,4H2,1-2H3;1-2H. The number of aromatic nitrogens is 1. The fourth-order valence-corrected chi connectivity index (χ4v) is 0.916. The molecule has 0 saturated carbocycles. The molecule has 0 spiro atoms. The molecule has 1 rings (SSSR count). The number of aryl methyl sites for hydroxylation is 1. The van der Waals surface area contributed by atoms with E-state index in [0.717, 1.165) is 0 Å². The van der Waals surface area contributed by atoms with Crippen LogP contribution in [0.25, 0.3) is 0 Å². The first-order chi connectivity index (χ1) is 6.58. The van der Waals surface area contributed by atoms with E-state index in [4.69, 9.17) is 15.6 Å². The first kappa shape index (κ1) is 12.8. The highest BCUT2D eigenvalue weighted by atomic mass is 17.4. The Kier molecular flexibility index (Phi) is 5.73. The summed E-state index contributed by atoms with van der Waals surface area (Å²) in [7, 11) is 0. The third kappa shape index (κ3) is 3.27. The van der Waals surface area contributed by atoms with Crippen LogP contribution in [0.1, 0.15) is 16.8 Å². The number of aromatic hydroxyl groups is 1. The highest BCUT2D eigenvalue weighted by Gasteiger charge is 2.05. The summed E-state index contributed by atoms with van der Waals surface area (Å²) >= 11 is 0. The van der Waals surface area contributed by atoms with Gasteiger partial charge < -0.3 is 10.2 Å². The molecule has 0 aliphatic heterocycles. The van der Waals surface area contributed by atoms with Crippen LogP contribution in [0.3, 0.4) is 0 Å². The van der Waals surface area contributed by atoms with Crippen molar-refractivity contribution >= 4 is 0 Å². The second kappa shape index (κ2) is 6.28. The summed E-state index contributed by atoms with van der Waals surface area (Å²) in [5.41, 5.74) is 1.98. The van der Waals surface area contributed by atoms with Crippen LogP contribution in [0.4, 0.5) is 0 Å². The zero-order valence-corrected chi connectivity index (χ0v) is 7.93. The summed E-state index contributed by atoms with van der Waals surface area (Å²) < 4.78 is 0. The largest absolute Gasteiger partial charge is 0.506 e. The molecule has 1 aromatic rings. The van der Waals surface area contributed by atoms with Gasteiger partial charge in [0, 0.05) is 11.8 Å².